The summed E-state index contributed by atoms with van der Waals surface area (Å²) in [7, 11) is -2.67. The molecule has 9 heteroatoms. The minimum Gasteiger partial charge on any atom is -0.200 e. The van der Waals surface area contributed by atoms with Crippen LogP contribution in [0.5, 0.6) is 0 Å². The Hall–Kier alpha value is 0.195. The highest BCUT2D eigenvalue weighted by Crippen LogP contribution is 2.59. The van der Waals surface area contributed by atoms with Gasteiger partial charge >= 0.3 is 23.1 Å². The lowest BCUT2D eigenvalue weighted by molar-refractivity contribution is -0.0441. The van der Waals surface area contributed by atoms with Gasteiger partial charge in [-0.3, -0.25) is 0 Å². The van der Waals surface area contributed by atoms with E-state index in [2.05, 4.69) is 0 Å². The first kappa shape index (κ1) is 15.2. The summed E-state index contributed by atoms with van der Waals surface area (Å²) in [5.74, 6) is 0. The molecule has 1 unspecified atom stereocenters. The van der Waals surface area contributed by atoms with E-state index in [1.807, 2.05) is 0 Å². The first-order valence-corrected chi connectivity index (χ1v) is 7.75. The average Bonchev–Trinajstić information content (AvgIpc) is 1.77. The topological polar surface area (TPSA) is 46.2 Å². The average molecular weight is 262 g/mol. The molecule has 0 fully saturated rings. The van der Waals surface area contributed by atoms with E-state index < -0.39 is 28.0 Å². The van der Waals surface area contributed by atoms with Gasteiger partial charge in [0.2, 0.25) is 0 Å². The molecule has 0 heterocycles. The summed E-state index contributed by atoms with van der Waals surface area (Å²) in [5.41, 5.74) is -5.32. The normalized spacial score (nSPS) is 18.6. The zero-order valence-corrected chi connectivity index (χ0v) is 10.6. The molecular formula is C6H13BF3NO2PS+. The van der Waals surface area contributed by atoms with Gasteiger partial charge in [-0.2, -0.15) is 21.6 Å². The molecule has 0 aromatic heterocycles. The van der Waals surface area contributed by atoms with Crippen LogP contribution < -0.4 is 4.49 Å². The highest BCUT2D eigenvalue weighted by atomic mass is 32.2. The van der Waals surface area contributed by atoms with Gasteiger partial charge in [-0.15, -0.1) is 0 Å². The van der Waals surface area contributed by atoms with Gasteiger partial charge in [0, 0.05) is 7.29 Å². The van der Waals surface area contributed by atoms with Crippen molar-refractivity contribution in [3.63, 3.8) is 0 Å². The summed E-state index contributed by atoms with van der Waals surface area (Å²) in [6.45, 7) is 6.05. The van der Waals surface area contributed by atoms with Crippen LogP contribution in [0.2, 0.25) is 0 Å². The van der Waals surface area contributed by atoms with Gasteiger partial charge in [-0.25, -0.2) is 0 Å². The molecule has 0 aliphatic rings. The molecular weight excluding hydrogens is 249 g/mol. The molecule has 0 aliphatic heterocycles. The summed E-state index contributed by atoms with van der Waals surface area (Å²) in [5, 5.41) is -0.731. The smallest absolute Gasteiger partial charge is 0.200 e. The SMILES string of the molecule is [B][P+](C)(NS(=O)(=O)C(F)(F)F)C(C)(C)C. The van der Waals surface area contributed by atoms with Crippen molar-refractivity contribution in [1.82, 2.24) is 4.49 Å². The van der Waals surface area contributed by atoms with E-state index in [9.17, 15) is 21.6 Å². The highest BCUT2D eigenvalue weighted by molar-refractivity contribution is 8.07. The Kier molecular flexibility index (Phi) is 3.94. The van der Waals surface area contributed by atoms with Crippen molar-refractivity contribution < 1.29 is 21.6 Å². The molecule has 3 nitrogen and oxygen atoms in total. The summed E-state index contributed by atoms with van der Waals surface area (Å²) >= 11 is 0. The molecule has 1 N–H and O–H groups in total. The molecule has 2 radical (unpaired) electrons. The van der Waals surface area contributed by atoms with Crippen molar-refractivity contribution >= 4 is 24.9 Å². The molecule has 0 bridgehead atoms. The Bertz CT molecular complexity index is 333. The third-order valence-corrected chi connectivity index (χ3v) is 7.88. The van der Waals surface area contributed by atoms with E-state index >= 15 is 0 Å². The van der Waals surface area contributed by atoms with Crippen LogP contribution >= 0.6 is 7.29 Å². The summed E-state index contributed by atoms with van der Waals surface area (Å²) in [6, 6.07) is 0. The standard InChI is InChI=1S/C6H13BF3NO2PS/c1-5(2,3)14(4,7)11-15(12,13)6(8,9)10/h11H,1-4H3/q+1. The van der Waals surface area contributed by atoms with Gasteiger partial charge in [0.25, 0.3) is 0 Å². The minimum absolute atomic E-state index is 0.731. The molecule has 0 saturated heterocycles. The second kappa shape index (κ2) is 3.89. The summed E-state index contributed by atoms with van der Waals surface area (Å²) in [4.78, 5) is 0. The molecule has 0 aliphatic carbocycles. The van der Waals surface area contributed by atoms with Crippen LogP contribution in [0.25, 0.3) is 0 Å². The first-order valence-electron chi connectivity index (χ1n) is 3.96. The van der Waals surface area contributed by atoms with Crippen LogP contribution in [0.4, 0.5) is 13.2 Å². The number of hydrogen-bond donors (Lipinski definition) is 1. The maximum absolute atomic E-state index is 12.1. The molecule has 0 amide bonds. The van der Waals surface area contributed by atoms with Crippen molar-refractivity contribution in [3.05, 3.63) is 0 Å². The number of hydrogen-bond acceptors (Lipinski definition) is 2. The van der Waals surface area contributed by atoms with Crippen molar-refractivity contribution in [3.8, 4) is 0 Å². The number of halogens is 3. The fourth-order valence-electron chi connectivity index (χ4n) is 0.438. The maximum Gasteiger partial charge on any atom is 0.514 e. The Labute approximate surface area is 89.6 Å². The van der Waals surface area contributed by atoms with Crippen LogP contribution in [0.3, 0.4) is 0 Å². The number of rotatable bonds is 2. The fraction of sp³-hybridized carbons (Fsp3) is 1.00. The molecule has 15 heavy (non-hydrogen) atoms. The zero-order valence-electron chi connectivity index (χ0n) is 8.88. The predicted octanol–water partition coefficient (Wildman–Crippen LogP) is 1.87. The first-order chi connectivity index (χ1) is 6.21. The van der Waals surface area contributed by atoms with E-state index in [0.717, 1.165) is 0 Å². The van der Waals surface area contributed by atoms with Crippen LogP contribution in [-0.4, -0.2) is 33.3 Å². The van der Waals surface area contributed by atoms with Crippen LogP contribution in [0, 0.1) is 0 Å². The van der Waals surface area contributed by atoms with E-state index in [0.29, 0.717) is 0 Å². The molecule has 0 spiro atoms. The second-order valence-corrected chi connectivity index (χ2v) is 9.98. The number of nitrogens with one attached hydrogen (secondary N) is 1. The minimum atomic E-state index is -5.36. The lowest BCUT2D eigenvalue weighted by Gasteiger charge is -2.32. The highest BCUT2D eigenvalue weighted by Gasteiger charge is 2.54. The number of alkyl halides is 3. The summed E-state index contributed by atoms with van der Waals surface area (Å²) < 4.78 is 59.4. The molecule has 0 rings (SSSR count). The number of sulfonamides is 1. The fourth-order valence-corrected chi connectivity index (χ4v) is 3.95. The summed E-state index contributed by atoms with van der Waals surface area (Å²) in [6.07, 6.45) is 0. The lowest BCUT2D eigenvalue weighted by atomic mass is 10.3. The Morgan fingerprint density at radius 3 is 1.73 bits per heavy atom. The second-order valence-electron chi connectivity index (χ2n) is 4.29. The Morgan fingerprint density at radius 1 is 1.20 bits per heavy atom. The van der Waals surface area contributed by atoms with Crippen molar-refractivity contribution in [1.29, 1.82) is 0 Å². The third kappa shape index (κ3) is 3.61. The molecule has 0 saturated carbocycles. The quantitative estimate of drug-likeness (QED) is 0.610. The van der Waals surface area contributed by atoms with Crippen LogP contribution in [-0.2, 0) is 10.0 Å². The van der Waals surface area contributed by atoms with Crippen LogP contribution in [0.1, 0.15) is 20.8 Å². The predicted molar refractivity (Wildman–Crippen MR) is 56.5 cm³/mol. The van der Waals surface area contributed by atoms with Crippen LogP contribution in [0.15, 0.2) is 0 Å². The van der Waals surface area contributed by atoms with Gasteiger partial charge in [0.05, 0.1) is 11.8 Å². The van der Waals surface area contributed by atoms with E-state index in [1.165, 1.54) is 6.66 Å². The van der Waals surface area contributed by atoms with Gasteiger partial charge in [0.15, 0.2) is 0 Å². The van der Waals surface area contributed by atoms with Crippen molar-refractivity contribution in [2.45, 2.75) is 31.4 Å². The molecule has 0 aromatic carbocycles. The monoisotopic (exact) mass is 262 g/mol. The third-order valence-electron chi connectivity index (χ3n) is 2.01. The van der Waals surface area contributed by atoms with E-state index in [-0.39, 0.29) is 0 Å². The largest absolute Gasteiger partial charge is 0.514 e. The van der Waals surface area contributed by atoms with Gasteiger partial charge in [-0.05, 0) is 20.8 Å². The Morgan fingerprint density at radius 2 is 1.53 bits per heavy atom. The molecule has 1 atom stereocenters. The van der Waals surface area contributed by atoms with Crippen molar-refractivity contribution in [2.24, 2.45) is 0 Å². The molecule has 88 valence electrons. The van der Waals surface area contributed by atoms with Gasteiger partial charge in [0.1, 0.15) is 0 Å². The van der Waals surface area contributed by atoms with Gasteiger partial charge < -0.3 is 0 Å². The Balaban J connectivity index is 5.08. The molecule has 0 aromatic rings. The van der Waals surface area contributed by atoms with Gasteiger partial charge in [-0.1, -0.05) is 4.49 Å². The van der Waals surface area contributed by atoms with Crippen molar-refractivity contribution in [2.75, 3.05) is 6.66 Å². The van der Waals surface area contributed by atoms with E-state index in [1.54, 1.807) is 25.3 Å². The van der Waals surface area contributed by atoms with E-state index in [4.69, 9.17) is 7.57 Å². The maximum atomic E-state index is 12.1. The zero-order chi connectivity index (χ0) is 12.7. The lowest BCUT2D eigenvalue weighted by Crippen LogP contribution is -2.41.